The second-order valence-electron chi connectivity index (χ2n) is 4.86. The number of halogens is 1. The summed E-state index contributed by atoms with van der Waals surface area (Å²) in [4.78, 5) is 15.8. The summed E-state index contributed by atoms with van der Waals surface area (Å²) in [5, 5.41) is 0. The average Bonchev–Trinajstić information content (AvgIpc) is 2.29. The predicted molar refractivity (Wildman–Crippen MR) is 62.1 cm³/mol. The van der Waals surface area contributed by atoms with E-state index >= 15 is 0 Å². The molecule has 0 radical (unpaired) electrons. The van der Waals surface area contributed by atoms with Crippen molar-refractivity contribution in [2.45, 2.75) is 12.5 Å². The lowest BCUT2D eigenvalue weighted by molar-refractivity contribution is -0.139. The highest BCUT2D eigenvalue weighted by atomic mass is 19.1. The lowest BCUT2D eigenvalue weighted by Gasteiger charge is -2.43. The summed E-state index contributed by atoms with van der Waals surface area (Å²) in [5.74, 6) is 0.0153. The number of piperazine rings is 1. The van der Waals surface area contributed by atoms with Gasteiger partial charge in [0.15, 0.2) is 0 Å². The van der Waals surface area contributed by atoms with E-state index in [1.165, 1.54) is 6.07 Å². The van der Waals surface area contributed by atoms with Gasteiger partial charge in [-0.3, -0.25) is 9.69 Å². The van der Waals surface area contributed by atoms with Gasteiger partial charge in [-0.05, 0) is 30.7 Å². The smallest absolute Gasteiger partial charge is 0.237 e. The molecule has 2 aliphatic heterocycles. The maximum absolute atomic E-state index is 13.7. The van der Waals surface area contributed by atoms with Crippen molar-refractivity contribution in [1.82, 2.24) is 9.80 Å². The van der Waals surface area contributed by atoms with E-state index in [0.29, 0.717) is 19.5 Å². The Morgan fingerprint density at radius 2 is 2.24 bits per heavy atom. The first-order chi connectivity index (χ1) is 8.16. The minimum Gasteiger partial charge on any atom is -0.333 e. The van der Waals surface area contributed by atoms with Crippen molar-refractivity contribution in [3.8, 4) is 0 Å². The lowest BCUT2D eigenvalue weighted by atomic mass is 9.90. The van der Waals surface area contributed by atoms with E-state index in [0.717, 1.165) is 17.7 Å². The van der Waals surface area contributed by atoms with Gasteiger partial charge in [-0.1, -0.05) is 12.1 Å². The number of nitrogens with zero attached hydrogens (tertiary/aromatic N) is 2. The summed E-state index contributed by atoms with van der Waals surface area (Å²) in [5.41, 5.74) is 1.77. The molecule has 0 bridgehead atoms. The third kappa shape index (κ3) is 1.63. The van der Waals surface area contributed by atoms with E-state index in [4.69, 9.17) is 0 Å². The largest absolute Gasteiger partial charge is 0.333 e. The molecule has 3 rings (SSSR count). The van der Waals surface area contributed by atoms with Gasteiger partial charge in [0.1, 0.15) is 5.82 Å². The predicted octanol–water partition coefficient (Wildman–Crippen LogP) is 1.20. The van der Waals surface area contributed by atoms with Gasteiger partial charge in [-0.25, -0.2) is 4.39 Å². The molecule has 1 unspecified atom stereocenters. The molecule has 0 saturated carbocycles. The topological polar surface area (TPSA) is 23.6 Å². The van der Waals surface area contributed by atoms with Crippen molar-refractivity contribution >= 4 is 5.91 Å². The Morgan fingerprint density at radius 1 is 1.41 bits per heavy atom. The fourth-order valence-electron chi connectivity index (χ4n) is 2.88. The molecule has 2 aliphatic rings. The molecule has 0 aliphatic carbocycles. The summed E-state index contributed by atoms with van der Waals surface area (Å²) >= 11 is 0. The van der Waals surface area contributed by atoms with Crippen molar-refractivity contribution in [3.05, 3.63) is 35.1 Å². The second-order valence-corrected chi connectivity index (χ2v) is 4.86. The van der Waals surface area contributed by atoms with Crippen LogP contribution in [0.4, 0.5) is 4.39 Å². The molecule has 0 N–H and O–H groups in total. The van der Waals surface area contributed by atoms with Crippen LogP contribution in [0.2, 0.25) is 0 Å². The van der Waals surface area contributed by atoms with Crippen molar-refractivity contribution < 1.29 is 9.18 Å². The summed E-state index contributed by atoms with van der Waals surface area (Å²) in [7, 11) is 1.93. The molecule has 1 amide bonds. The zero-order valence-electron chi connectivity index (χ0n) is 9.82. The van der Waals surface area contributed by atoms with Crippen LogP contribution in [0, 0.1) is 5.82 Å². The molecule has 0 spiro atoms. The van der Waals surface area contributed by atoms with Gasteiger partial charge in [0.05, 0.1) is 12.6 Å². The number of hydrogen-bond donors (Lipinski definition) is 0. The summed E-state index contributed by atoms with van der Waals surface area (Å²) < 4.78 is 13.7. The van der Waals surface area contributed by atoms with Gasteiger partial charge in [0, 0.05) is 13.1 Å². The Balaban J connectivity index is 2.05. The fraction of sp³-hybridized carbons (Fsp3) is 0.462. The maximum Gasteiger partial charge on any atom is 0.237 e. The highest BCUT2D eigenvalue weighted by Gasteiger charge is 2.36. The molecule has 1 saturated heterocycles. The number of carbonyl (C=O) groups is 1. The van der Waals surface area contributed by atoms with Gasteiger partial charge in [0.25, 0.3) is 0 Å². The Bertz CT molecular complexity index is 474. The first-order valence-electron chi connectivity index (χ1n) is 5.92. The SMILES string of the molecule is CN1CC(=O)N2CCc3c(F)cccc3C2C1. The van der Waals surface area contributed by atoms with Crippen molar-refractivity contribution in [3.63, 3.8) is 0 Å². The first kappa shape index (κ1) is 10.7. The van der Waals surface area contributed by atoms with Gasteiger partial charge >= 0.3 is 0 Å². The standard InChI is InChI=1S/C13H15FN2O/c1-15-7-12-10-3-2-4-11(14)9(10)5-6-16(12)13(17)8-15/h2-4,12H,5-8H2,1H3. The third-order valence-electron chi connectivity index (χ3n) is 3.70. The van der Waals surface area contributed by atoms with Crippen LogP contribution in [0.1, 0.15) is 17.2 Å². The number of rotatable bonds is 0. The summed E-state index contributed by atoms with van der Waals surface area (Å²) in [6, 6.07) is 5.21. The van der Waals surface area contributed by atoms with E-state index < -0.39 is 0 Å². The Morgan fingerprint density at radius 3 is 3.06 bits per heavy atom. The normalized spacial score (nSPS) is 24.5. The minimum atomic E-state index is -0.136. The lowest BCUT2D eigenvalue weighted by Crippen LogP contribution is -2.53. The Labute approximate surface area is 99.8 Å². The highest BCUT2D eigenvalue weighted by Crippen LogP contribution is 2.33. The monoisotopic (exact) mass is 234 g/mol. The molecule has 1 aromatic carbocycles. The van der Waals surface area contributed by atoms with Crippen molar-refractivity contribution in [1.29, 1.82) is 0 Å². The number of amides is 1. The molecule has 2 heterocycles. The van der Waals surface area contributed by atoms with Crippen LogP contribution in [-0.2, 0) is 11.2 Å². The first-order valence-corrected chi connectivity index (χ1v) is 5.92. The van der Waals surface area contributed by atoms with Gasteiger partial charge in [0.2, 0.25) is 5.91 Å². The van der Waals surface area contributed by atoms with Crippen molar-refractivity contribution in [2.24, 2.45) is 0 Å². The molecular formula is C13H15FN2O. The summed E-state index contributed by atoms with van der Waals surface area (Å²) in [6.45, 7) is 1.91. The van der Waals surface area contributed by atoms with E-state index in [1.807, 2.05) is 22.9 Å². The molecular weight excluding hydrogens is 219 g/mol. The van der Waals surface area contributed by atoms with Gasteiger partial charge in [-0.15, -0.1) is 0 Å². The molecule has 1 atom stereocenters. The number of hydrogen-bond acceptors (Lipinski definition) is 2. The molecule has 17 heavy (non-hydrogen) atoms. The van der Waals surface area contributed by atoms with Gasteiger partial charge in [-0.2, -0.15) is 0 Å². The quantitative estimate of drug-likeness (QED) is 0.673. The van der Waals surface area contributed by atoms with Crippen LogP contribution >= 0.6 is 0 Å². The van der Waals surface area contributed by atoms with Crippen LogP contribution < -0.4 is 0 Å². The number of likely N-dealkylation sites (N-methyl/N-ethyl adjacent to an activating group) is 1. The average molecular weight is 234 g/mol. The molecule has 1 aromatic rings. The van der Waals surface area contributed by atoms with Crippen LogP contribution in [0.15, 0.2) is 18.2 Å². The second kappa shape index (κ2) is 3.81. The zero-order valence-corrected chi connectivity index (χ0v) is 9.82. The number of benzene rings is 1. The minimum absolute atomic E-state index is 0.0284. The van der Waals surface area contributed by atoms with Gasteiger partial charge < -0.3 is 4.90 Å². The number of fused-ring (bicyclic) bond motifs is 3. The van der Waals surface area contributed by atoms with E-state index in [1.54, 1.807) is 6.07 Å². The van der Waals surface area contributed by atoms with Crippen LogP contribution in [0.5, 0.6) is 0 Å². The van der Waals surface area contributed by atoms with Crippen LogP contribution in [0.3, 0.4) is 0 Å². The maximum atomic E-state index is 13.7. The van der Waals surface area contributed by atoms with Crippen LogP contribution in [0.25, 0.3) is 0 Å². The van der Waals surface area contributed by atoms with E-state index in [-0.39, 0.29) is 17.8 Å². The van der Waals surface area contributed by atoms with Crippen molar-refractivity contribution in [2.75, 3.05) is 26.7 Å². The molecule has 4 heteroatoms. The molecule has 1 fully saturated rings. The van der Waals surface area contributed by atoms with E-state index in [9.17, 15) is 9.18 Å². The molecule has 3 nitrogen and oxygen atoms in total. The Kier molecular flexibility index (Phi) is 2.40. The summed E-state index contributed by atoms with van der Waals surface area (Å²) in [6.07, 6.45) is 0.633. The molecule has 0 aromatic heterocycles. The fourth-order valence-corrected chi connectivity index (χ4v) is 2.88. The zero-order chi connectivity index (χ0) is 12.0. The third-order valence-corrected chi connectivity index (χ3v) is 3.70. The Hall–Kier alpha value is -1.42. The van der Waals surface area contributed by atoms with E-state index in [2.05, 4.69) is 0 Å². The highest BCUT2D eigenvalue weighted by molar-refractivity contribution is 5.80. The number of carbonyl (C=O) groups excluding carboxylic acids is 1. The van der Waals surface area contributed by atoms with Crippen LogP contribution in [-0.4, -0.2) is 42.4 Å². The molecule has 90 valence electrons.